The third-order valence-corrected chi connectivity index (χ3v) is 4.84. The van der Waals surface area contributed by atoms with Crippen LogP contribution in [0.2, 0.25) is 0 Å². The number of carbonyl (C=O) groups excluding carboxylic acids is 2. The van der Waals surface area contributed by atoms with Crippen LogP contribution >= 0.6 is 0 Å². The molecule has 0 aliphatic carbocycles. The Balaban J connectivity index is 1.66. The third-order valence-electron chi connectivity index (χ3n) is 4.84. The summed E-state index contributed by atoms with van der Waals surface area (Å²) in [5.74, 6) is -0.496. The van der Waals surface area contributed by atoms with Crippen LogP contribution in [0.5, 0.6) is 0 Å². The van der Waals surface area contributed by atoms with E-state index in [2.05, 4.69) is 15.3 Å². The van der Waals surface area contributed by atoms with E-state index in [1.54, 1.807) is 30.4 Å². The van der Waals surface area contributed by atoms with Gasteiger partial charge in [-0.25, -0.2) is 0 Å². The van der Waals surface area contributed by atoms with E-state index in [0.717, 1.165) is 28.8 Å². The van der Waals surface area contributed by atoms with Crippen molar-refractivity contribution in [3.05, 3.63) is 89.0 Å². The molecular formula is C23H24N4O2. The highest BCUT2D eigenvalue weighted by Crippen LogP contribution is 2.15. The minimum atomic E-state index is -0.274. The highest BCUT2D eigenvalue weighted by molar-refractivity contribution is 6.05. The maximum atomic E-state index is 12.7. The summed E-state index contributed by atoms with van der Waals surface area (Å²) in [4.78, 5) is 35.0. The van der Waals surface area contributed by atoms with Crippen LogP contribution < -0.4 is 5.32 Å². The summed E-state index contributed by atoms with van der Waals surface area (Å²) in [7, 11) is 1.73. The summed E-state index contributed by atoms with van der Waals surface area (Å²) < 4.78 is 0. The van der Waals surface area contributed by atoms with Gasteiger partial charge in [-0.15, -0.1) is 0 Å². The number of aromatic nitrogens is 2. The Labute approximate surface area is 170 Å². The number of pyridine rings is 2. The number of benzene rings is 1. The van der Waals surface area contributed by atoms with Gasteiger partial charge in [-0.05, 0) is 73.4 Å². The Hall–Kier alpha value is -3.54. The maximum absolute atomic E-state index is 12.7. The van der Waals surface area contributed by atoms with Crippen LogP contribution in [0.3, 0.4) is 0 Å². The first-order valence-electron chi connectivity index (χ1n) is 9.43. The molecule has 0 spiro atoms. The van der Waals surface area contributed by atoms with Gasteiger partial charge in [0.05, 0.1) is 0 Å². The Kier molecular flexibility index (Phi) is 6.34. The lowest BCUT2D eigenvalue weighted by molar-refractivity contribution is 0.0791. The molecule has 6 heteroatoms. The lowest BCUT2D eigenvalue weighted by atomic mass is 10.1. The molecule has 3 aromatic rings. The van der Waals surface area contributed by atoms with Gasteiger partial charge < -0.3 is 10.2 Å². The number of hydrogen-bond acceptors (Lipinski definition) is 4. The molecule has 0 aliphatic rings. The fourth-order valence-corrected chi connectivity index (χ4v) is 2.85. The van der Waals surface area contributed by atoms with Crippen molar-refractivity contribution in [2.24, 2.45) is 0 Å². The number of nitrogens with zero attached hydrogens (tertiary/aromatic N) is 3. The number of anilines is 1. The fourth-order valence-electron chi connectivity index (χ4n) is 2.85. The zero-order chi connectivity index (χ0) is 20.8. The highest BCUT2D eigenvalue weighted by atomic mass is 16.2. The van der Waals surface area contributed by atoms with Crippen LogP contribution in [0.4, 0.5) is 5.69 Å². The predicted molar refractivity (Wildman–Crippen MR) is 113 cm³/mol. The summed E-state index contributed by atoms with van der Waals surface area (Å²) in [6, 6.07) is 12.7. The van der Waals surface area contributed by atoms with E-state index in [1.807, 2.05) is 44.2 Å². The molecule has 1 aromatic carbocycles. The Bertz CT molecular complexity index is 1020. The molecule has 3 rings (SSSR count). The van der Waals surface area contributed by atoms with Gasteiger partial charge in [-0.3, -0.25) is 19.6 Å². The van der Waals surface area contributed by atoms with E-state index in [0.29, 0.717) is 12.1 Å². The Morgan fingerprint density at radius 1 is 0.966 bits per heavy atom. The van der Waals surface area contributed by atoms with Crippen molar-refractivity contribution in [1.82, 2.24) is 14.9 Å². The van der Waals surface area contributed by atoms with Gasteiger partial charge in [0.25, 0.3) is 11.8 Å². The molecule has 2 amide bonds. The number of likely N-dealkylation sites (N-methyl/N-ethyl adjacent to an activating group) is 1. The van der Waals surface area contributed by atoms with Crippen molar-refractivity contribution in [1.29, 1.82) is 0 Å². The van der Waals surface area contributed by atoms with Crippen LogP contribution in [-0.2, 0) is 6.42 Å². The molecular weight excluding hydrogens is 364 g/mol. The quantitative estimate of drug-likeness (QED) is 0.699. The second-order valence-electron chi connectivity index (χ2n) is 7.02. The van der Waals surface area contributed by atoms with Gasteiger partial charge in [-0.2, -0.15) is 0 Å². The van der Waals surface area contributed by atoms with Gasteiger partial charge in [0.1, 0.15) is 5.69 Å². The maximum Gasteiger partial charge on any atom is 0.272 e. The van der Waals surface area contributed by atoms with Gasteiger partial charge in [0.2, 0.25) is 0 Å². The lowest BCUT2D eigenvalue weighted by Gasteiger charge is -2.17. The van der Waals surface area contributed by atoms with E-state index in [-0.39, 0.29) is 17.5 Å². The van der Waals surface area contributed by atoms with E-state index < -0.39 is 0 Å². The van der Waals surface area contributed by atoms with E-state index in [1.165, 1.54) is 12.3 Å². The van der Waals surface area contributed by atoms with E-state index in [9.17, 15) is 9.59 Å². The number of hydrogen-bond donors (Lipinski definition) is 1. The van der Waals surface area contributed by atoms with Crippen LogP contribution in [0.15, 0.2) is 61.1 Å². The van der Waals surface area contributed by atoms with Crippen LogP contribution in [0.25, 0.3) is 0 Å². The number of nitrogens with one attached hydrogen (secondary N) is 1. The summed E-state index contributed by atoms with van der Waals surface area (Å²) in [6.45, 7) is 4.56. The molecule has 0 atom stereocenters. The molecule has 0 unspecified atom stereocenters. The van der Waals surface area contributed by atoms with E-state index >= 15 is 0 Å². The second-order valence-corrected chi connectivity index (χ2v) is 7.02. The zero-order valence-electron chi connectivity index (χ0n) is 16.8. The van der Waals surface area contributed by atoms with Crippen LogP contribution in [0, 0.1) is 13.8 Å². The second kappa shape index (κ2) is 9.10. The summed E-state index contributed by atoms with van der Waals surface area (Å²) in [5.41, 5.74) is 4.73. The van der Waals surface area contributed by atoms with Crippen molar-refractivity contribution < 1.29 is 9.59 Å². The minimum Gasteiger partial charge on any atom is -0.340 e. The molecule has 2 aromatic heterocycles. The van der Waals surface area contributed by atoms with Crippen LogP contribution in [-0.4, -0.2) is 40.3 Å². The van der Waals surface area contributed by atoms with Gasteiger partial charge >= 0.3 is 0 Å². The number of aryl methyl sites for hydroxylation is 2. The monoisotopic (exact) mass is 388 g/mol. The average Bonchev–Trinajstić information content (AvgIpc) is 2.75. The highest BCUT2D eigenvalue weighted by Gasteiger charge is 2.16. The number of amides is 2. The molecule has 0 fully saturated rings. The first kappa shape index (κ1) is 20.2. The van der Waals surface area contributed by atoms with Crippen molar-refractivity contribution in [3.8, 4) is 0 Å². The minimum absolute atomic E-state index is 0.222. The van der Waals surface area contributed by atoms with Crippen LogP contribution in [0.1, 0.15) is 37.5 Å². The first-order chi connectivity index (χ1) is 13.9. The standard InChI is InChI=1S/C23H24N4O2/c1-16-4-5-20(14-17(16)2)26-22(28)19-8-12-25-21(15-19)23(29)27(3)13-9-18-6-10-24-11-7-18/h4-8,10-12,14-15H,9,13H2,1-3H3,(H,26,28). The molecule has 29 heavy (non-hydrogen) atoms. The van der Waals surface area contributed by atoms with Crippen molar-refractivity contribution in [2.75, 3.05) is 18.9 Å². The topological polar surface area (TPSA) is 75.2 Å². The van der Waals surface area contributed by atoms with Gasteiger partial charge in [-0.1, -0.05) is 6.07 Å². The average molecular weight is 388 g/mol. The molecule has 0 bridgehead atoms. The van der Waals surface area contributed by atoms with Gasteiger partial charge in [0, 0.05) is 43.4 Å². The van der Waals surface area contributed by atoms with Crippen molar-refractivity contribution >= 4 is 17.5 Å². The summed E-state index contributed by atoms with van der Waals surface area (Å²) >= 11 is 0. The molecule has 0 saturated heterocycles. The molecule has 0 aliphatic heterocycles. The fraction of sp³-hybridized carbons (Fsp3) is 0.217. The molecule has 6 nitrogen and oxygen atoms in total. The Morgan fingerprint density at radius 3 is 2.45 bits per heavy atom. The largest absolute Gasteiger partial charge is 0.340 e. The molecule has 148 valence electrons. The molecule has 2 heterocycles. The summed E-state index contributed by atoms with van der Waals surface area (Å²) in [6.07, 6.45) is 5.67. The zero-order valence-corrected chi connectivity index (χ0v) is 16.8. The predicted octanol–water partition coefficient (Wildman–Crippen LogP) is 3.66. The summed E-state index contributed by atoms with van der Waals surface area (Å²) in [5, 5.41) is 2.87. The van der Waals surface area contributed by atoms with E-state index in [4.69, 9.17) is 0 Å². The molecule has 0 saturated carbocycles. The Morgan fingerprint density at radius 2 is 1.72 bits per heavy atom. The molecule has 1 N–H and O–H groups in total. The SMILES string of the molecule is Cc1ccc(NC(=O)c2ccnc(C(=O)N(C)CCc3ccncc3)c2)cc1C. The van der Waals surface area contributed by atoms with Gasteiger partial charge in [0.15, 0.2) is 0 Å². The van der Waals surface area contributed by atoms with Crippen molar-refractivity contribution in [3.63, 3.8) is 0 Å². The molecule has 0 radical (unpaired) electrons. The van der Waals surface area contributed by atoms with Crippen molar-refractivity contribution in [2.45, 2.75) is 20.3 Å². The normalized spacial score (nSPS) is 10.4. The number of carbonyl (C=O) groups is 2. The lowest BCUT2D eigenvalue weighted by Crippen LogP contribution is -2.29. The third kappa shape index (κ3) is 5.25. The smallest absolute Gasteiger partial charge is 0.272 e. The number of rotatable bonds is 6. The first-order valence-corrected chi connectivity index (χ1v) is 9.43.